The number of carbonyl (C=O) groups excluding carboxylic acids is 1. The summed E-state index contributed by atoms with van der Waals surface area (Å²) >= 11 is 0. The lowest BCUT2D eigenvalue weighted by Gasteiger charge is -2.32. The highest BCUT2D eigenvalue weighted by molar-refractivity contribution is 7.86. The van der Waals surface area contributed by atoms with Gasteiger partial charge >= 0.3 is 15.6 Å². The van der Waals surface area contributed by atoms with Crippen molar-refractivity contribution >= 4 is 15.9 Å². The van der Waals surface area contributed by atoms with Crippen LogP contribution in [-0.4, -0.2) is 24.3 Å². The molecule has 2 aliphatic carbocycles. The predicted molar refractivity (Wildman–Crippen MR) is 61.8 cm³/mol. The number of hydrogen-bond donors (Lipinski definition) is 1. The van der Waals surface area contributed by atoms with Crippen LogP contribution in [0.1, 0.15) is 40.0 Å². The van der Waals surface area contributed by atoms with Crippen LogP contribution >= 0.6 is 0 Å². The van der Waals surface area contributed by atoms with Crippen LogP contribution in [0.2, 0.25) is 0 Å². The van der Waals surface area contributed by atoms with E-state index >= 15 is 0 Å². The van der Waals surface area contributed by atoms with E-state index in [9.17, 15) is 18.0 Å². The average Bonchev–Trinajstić information content (AvgIpc) is 2.48. The third-order valence-electron chi connectivity index (χ3n) is 4.78. The minimum atomic E-state index is -5.84. The molecule has 0 spiro atoms. The molecule has 4 nitrogen and oxygen atoms in total. The van der Waals surface area contributed by atoms with E-state index in [1.165, 1.54) is 6.42 Å². The van der Waals surface area contributed by atoms with Crippen LogP contribution in [0.4, 0.5) is 13.2 Å². The van der Waals surface area contributed by atoms with Crippen molar-refractivity contribution in [1.29, 1.82) is 0 Å². The van der Waals surface area contributed by atoms with Gasteiger partial charge in [-0.05, 0) is 24.2 Å². The van der Waals surface area contributed by atoms with E-state index in [4.69, 9.17) is 13.0 Å². The van der Waals surface area contributed by atoms with E-state index in [0.717, 1.165) is 12.8 Å². The molecule has 0 saturated heterocycles. The lowest BCUT2D eigenvalue weighted by atomic mass is 9.70. The summed E-state index contributed by atoms with van der Waals surface area (Å²) in [7, 11) is -5.84. The van der Waals surface area contributed by atoms with Gasteiger partial charge in [-0.15, -0.1) is 0 Å². The minimum Gasteiger partial charge on any atom is -0.299 e. The second kappa shape index (κ2) is 4.44. The molecule has 0 aromatic rings. The summed E-state index contributed by atoms with van der Waals surface area (Å²) in [6, 6.07) is 0. The van der Waals surface area contributed by atoms with E-state index in [0.29, 0.717) is 11.7 Å². The van der Waals surface area contributed by atoms with Gasteiger partial charge in [0.2, 0.25) is 0 Å². The molecule has 2 atom stereocenters. The average molecular weight is 302 g/mol. The fraction of sp³-hybridized carbons (Fsp3) is 0.909. The molecular weight excluding hydrogens is 285 g/mol. The van der Waals surface area contributed by atoms with Crippen molar-refractivity contribution in [3.8, 4) is 0 Å². The van der Waals surface area contributed by atoms with Crippen molar-refractivity contribution in [2.24, 2.45) is 16.7 Å². The maximum atomic E-state index is 11.6. The normalized spacial score (nSPS) is 33.0. The van der Waals surface area contributed by atoms with Crippen LogP contribution in [0.25, 0.3) is 0 Å². The Hall–Kier alpha value is -0.630. The molecule has 0 aromatic carbocycles. The summed E-state index contributed by atoms with van der Waals surface area (Å²) in [5.74, 6) is 1.19. The zero-order valence-electron chi connectivity index (χ0n) is 10.9. The number of ketones is 1. The van der Waals surface area contributed by atoms with Crippen molar-refractivity contribution in [3.63, 3.8) is 0 Å². The number of rotatable bonds is 0. The Morgan fingerprint density at radius 2 is 1.68 bits per heavy atom. The van der Waals surface area contributed by atoms with Crippen LogP contribution in [0.15, 0.2) is 0 Å². The maximum absolute atomic E-state index is 11.6. The first-order chi connectivity index (χ1) is 8.23. The van der Waals surface area contributed by atoms with Crippen LogP contribution in [0.5, 0.6) is 0 Å². The molecule has 0 aliphatic heterocycles. The van der Waals surface area contributed by atoms with Gasteiger partial charge in [0.25, 0.3) is 0 Å². The molecule has 0 radical (unpaired) electrons. The van der Waals surface area contributed by atoms with E-state index < -0.39 is 15.6 Å². The van der Waals surface area contributed by atoms with Gasteiger partial charge in [-0.25, -0.2) is 0 Å². The smallest absolute Gasteiger partial charge is 0.299 e. The number of Topliss-reactive ketones (excluding diaryl/α,β-unsaturated/α-hetero) is 1. The lowest BCUT2D eigenvalue weighted by molar-refractivity contribution is -0.128. The van der Waals surface area contributed by atoms with Crippen LogP contribution in [-0.2, 0) is 14.9 Å². The molecule has 1 N–H and O–H groups in total. The summed E-state index contributed by atoms with van der Waals surface area (Å²) in [6.45, 7) is 6.67. The Bertz CT molecular complexity index is 481. The molecule has 8 heteroatoms. The van der Waals surface area contributed by atoms with Gasteiger partial charge in [-0.2, -0.15) is 21.6 Å². The first kappa shape index (κ1) is 16.4. The minimum absolute atomic E-state index is 0.0255. The Morgan fingerprint density at radius 3 is 1.79 bits per heavy atom. The summed E-state index contributed by atoms with van der Waals surface area (Å²) in [5, 5.41) is 0. The van der Waals surface area contributed by atoms with Crippen molar-refractivity contribution in [3.05, 3.63) is 0 Å². The van der Waals surface area contributed by atoms with E-state index in [1.807, 2.05) is 0 Å². The molecule has 2 aliphatic rings. The molecule has 2 unspecified atom stereocenters. The van der Waals surface area contributed by atoms with E-state index in [2.05, 4.69) is 20.8 Å². The number of alkyl halides is 3. The first-order valence-corrected chi connectivity index (χ1v) is 7.24. The summed E-state index contributed by atoms with van der Waals surface area (Å²) in [6.07, 6.45) is 3.25. The second-order valence-corrected chi connectivity index (χ2v) is 7.25. The Labute approximate surface area is 110 Å². The highest BCUT2D eigenvalue weighted by Gasteiger charge is 2.61. The molecule has 0 aromatic heterocycles. The van der Waals surface area contributed by atoms with Gasteiger partial charge in [0, 0.05) is 11.8 Å². The van der Waals surface area contributed by atoms with Crippen molar-refractivity contribution in [2.45, 2.75) is 45.5 Å². The molecule has 0 amide bonds. The van der Waals surface area contributed by atoms with Crippen molar-refractivity contribution < 1.29 is 30.9 Å². The molecule has 0 heterocycles. The second-order valence-electron chi connectivity index (χ2n) is 5.84. The topological polar surface area (TPSA) is 71.4 Å². The molecule has 2 fully saturated rings. The van der Waals surface area contributed by atoms with Crippen molar-refractivity contribution in [1.82, 2.24) is 0 Å². The molecule has 19 heavy (non-hydrogen) atoms. The van der Waals surface area contributed by atoms with Gasteiger partial charge in [0.05, 0.1) is 0 Å². The van der Waals surface area contributed by atoms with Gasteiger partial charge in [0.15, 0.2) is 0 Å². The lowest BCUT2D eigenvalue weighted by Crippen LogP contribution is -2.32. The SMILES string of the molecule is CC12CCC(CC1=O)C2(C)C.O=S(=O)(O)C(F)(F)F. The van der Waals surface area contributed by atoms with Crippen LogP contribution in [0, 0.1) is 16.7 Å². The number of halogens is 3. The van der Waals surface area contributed by atoms with Gasteiger partial charge in [-0.1, -0.05) is 20.8 Å². The standard InChI is InChI=1S/C10H16O.CHF3O3S/c1-9(2)7-4-5-10(9,3)8(11)6-7;2-1(3,4)8(5,6)7/h7H,4-6H2,1-3H3;(H,5,6,7). The molecule has 2 saturated carbocycles. The quantitative estimate of drug-likeness (QED) is 0.551. The largest absolute Gasteiger partial charge is 0.522 e. The Balaban J connectivity index is 0.000000203. The number of hydrogen-bond acceptors (Lipinski definition) is 3. The maximum Gasteiger partial charge on any atom is 0.522 e. The first-order valence-electron chi connectivity index (χ1n) is 5.80. The fourth-order valence-electron chi connectivity index (χ4n) is 2.90. The predicted octanol–water partition coefficient (Wildman–Crippen LogP) is 2.80. The molecule has 2 bridgehead atoms. The zero-order valence-corrected chi connectivity index (χ0v) is 11.7. The highest BCUT2D eigenvalue weighted by Crippen LogP contribution is 2.63. The van der Waals surface area contributed by atoms with Crippen LogP contribution < -0.4 is 0 Å². The van der Waals surface area contributed by atoms with Crippen molar-refractivity contribution in [2.75, 3.05) is 0 Å². The molecule has 2 rings (SSSR count). The van der Waals surface area contributed by atoms with Gasteiger partial charge in [-0.3, -0.25) is 9.35 Å². The third-order valence-corrected chi connectivity index (χ3v) is 5.36. The Morgan fingerprint density at radius 1 is 1.26 bits per heavy atom. The summed E-state index contributed by atoms with van der Waals surface area (Å²) < 4.78 is 57.5. The molecule has 112 valence electrons. The van der Waals surface area contributed by atoms with Gasteiger partial charge < -0.3 is 0 Å². The zero-order chi connectivity index (χ0) is 15.3. The van der Waals surface area contributed by atoms with E-state index in [1.54, 1.807) is 0 Å². The monoisotopic (exact) mass is 302 g/mol. The number of fused-ring (bicyclic) bond motifs is 2. The Kier molecular flexibility index (Phi) is 3.84. The highest BCUT2D eigenvalue weighted by atomic mass is 32.2. The fourth-order valence-corrected chi connectivity index (χ4v) is 2.90. The number of carbonyl (C=O) groups is 1. The summed E-state index contributed by atoms with van der Waals surface area (Å²) in [5.41, 5.74) is -5.23. The summed E-state index contributed by atoms with van der Waals surface area (Å²) in [4.78, 5) is 11.6. The van der Waals surface area contributed by atoms with E-state index in [-0.39, 0.29) is 10.8 Å². The van der Waals surface area contributed by atoms with Crippen LogP contribution in [0.3, 0.4) is 0 Å². The third kappa shape index (κ3) is 2.65. The molecular formula is C11H17F3O4S. The van der Waals surface area contributed by atoms with Gasteiger partial charge in [0.1, 0.15) is 5.78 Å².